The zero-order valence-electron chi connectivity index (χ0n) is 16.8. The molecule has 5 heteroatoms. The van der Waals surface area contributed by atoms with Gasteiger partial charge in [0.25, 0.3) is 0 Å². The van der Waals surface area contributed by atoms with E-state index in [0.29, 0.717) is 6.54 Å². The van der Waals surface area contributed by atoms with Gasteiger partial charge in [-0.1, -0.05) is 6.92 Å². The molecule has 0 spiro atoms. The molecule has 0 aromatic heterocycles. The maximum atomic E-state index is 8.81. The number of piperazine rings is 1. The molecule has 1 heterocycles. The number of nitrogens with one attached hydrogen (secondary N) is 2. The van der Waals surface area contributed by atoms with E-state index >= 15 is 0 Å². The van der Waals surface area contributed by atoms with Gasteiger partial charge in [0, 0.05) is 43.8 Å². The van der Waals surface area contributed by atoms with Crippen LogP contribution in [0, 0.1) is 0 Å². The molecular formula is C19H42N4O. The summed E-state index contributed by atoms with van der Waals surface area (Å²) in [6.07, 6.45) is 3.51. The minimum atomic E-state index is 0.137. The molecular weight excluding hydrogens is 300 g/mol. The summed E-state index contributed by atoms with van der Waals surface area (Å²) in [6.45, 7) is 20.5. The molecule has 1 aliphatic heterocycles. The highest BCUT2D eigenvalue weighted by molar-refractivity contribution is 4.88. The Balaban J connectivity index is 2.27. The summed E-state index contributed by atoms with van der Waals surface area (Å²) in [7, 11) is 0. The molecule has 1 saturated heterocycles. The third-order valence-electron chi connectivity index (χ3n) is 5.32. The Morgan fingerprint density at radius 1 is 0.917 bits per heavy atom. The van der Waals surface area contributed by atoms with Crippen LogP contribution in [0.2, 0.25) is 0 Å². The van der Waals surface area contributed by atoms with Gasteiger partial charge in [0.1, 0.15) is 0 Å². The van der Waals surface area contributed by atoms with E-state index in [1.54, 1.807) is 0 Å². The van der Waals surface area contributed by atoms with Crippen molar-refractivity contribution in [2.24, 2.45) is 0 Å². The first-order valence-corrected chi connectivity index (χ1v) is 9.85. The van der Waals surface area contributed by atoms with Crippen molar-refractivity contribution in [1.29, 1.82) is 0 Å². The quantitative estimate of drug-likeness (QED) is 0.470. The van der Waals surface area contributed by atoms with Crippen LogP contribution in [0.5, 0.6) is 0 Å². The van der Waals surface area contributed by atoms with E-state index < -0.39 is 0 Å². The largest absolute Gasteiger partial charge is 0.395 e. The van der Waals surface area contributed by atoms with E-state index in [9.17, 15) is 0 Å². The molecule has 0 atom stereocenters. The van der Waals surface area contributed by atoms with Crippen molar-refractivity contribution in [1.82, 2.24) is 20.4 Å². The molecule has 0 radical (unpaired) electrons. The molecule has 1 fully saturated rings. The molecule has 0 aliphatic carbocycles. The number of hydrogen-bond acceptors (Lipinski definition) is 5. The van der Waals surface area contributed by atoms with Crippen molar-refractivity contribution < 1.29 is 5.11 Å². The SMILES string of the molecule is CCCN1CCN(C(C)(C)CCNC(C)(C)CCNCCO)CC1. The van der Waals surface area contributed by atoms with Crippen LogP contribution in [0.1, 0.15) is 53.9 Å². The number of aliphatic hydroxyl groups is 1. The molecule has 24 heavy (non-hydrogen) atoms. The summed E-state index contributed by atoms with van der Waals surface area (Å²) in [5.74, 6) is 0. The molecule has 1 rings (SSSR count). The number of rotatable bonds is 12. The summed E-state index contributed by atoms with van der Waals surface area (Å²) >= 11 is 0. The van der Waals surface area contributed by atoms with E-state index in [1.165, 1.54) is 45.6 Å². The maximum absolute atomic E-state index is 8.81. The Bertz CT molecular complexity index is 325. The van der Waals surface area contributed by atoms with Crippen LogP contribution in [0.4, 0.5) is 0 Å². The highest BCUT2D eigenvalue weighted by atomic mass is 16.3. The smallest absolute Gasteiger partial charge is 0.0555 e. The van der Waals surface area contributed by atoms with Gasteiger partial charge < -0.3 is 20.6 Å². The fraction of sp³-hybridized carbons (Fsp3) is 1.00. The average molecular weight is 343 g/mol. The summed E-state index contributed by atoms with van der Waals surface area (Å²) in [5.41, 5.74) is 0.398. The first-order chi connectivity index (χ1) is 11.3. The van der Waals surface area contributed by atoms with Crippen molar-refractivity contribution in [3.63, 3.8) is 0 Å². The van der Waals surface area contributed by atoms with E-state index in [1.807, 2.05) is 0 Å². The minimum Gasteiger partial charge on any atom is -0.395 e. The van der Waals surface area contributed by atoms with Crippen molar-refractivity contribution in [2.45, 2.75) is 65.0 Å². The predicted molar refractivity (Wildman–Crippen MR) is 104 cm³/mol. The van der Waals surface area contributed by atoms with Crippen LogP contribution in [0.3, 0.4) is 0 Å². The Morgan fingerprint density at radius 2 is 1.58 bits per heavy atom. The maximum Gasteiger partial charge on any atom is 0.0555 e. The first-order valence-electron chi connectivity index (χ1n) is 9.85. The van der Waals surface area contributed by atoms with Gasteiger partial charge in [0.15, 0.2) is 0 Å². The van der Waals surface area contributed by atoms with Gasteiger partial charge in [0.05, 0.1) is 6.61 Å². The van der Waals surface area contributed by atoms with E-state index in [0.717, 1.165) is 19.5 Å². The molecule has 0 aromatic carbocycles. The van der Waals surface area contributed by atoms with Gasteiger partial charge in [-0.15, -0.1) is 0 Å². The fourth-order valence-electron chi connectivity index (χ4n) is 3.45. The van der Waals surface area contributed by atoms with Crippen LogP contribution in [-0.4, -0.2) is 84.9 Å². The Labute approximate surface area is 150 Å². The standard InChI is InChI=1S/C19H42N4O/c1-6-12-22-13-15-23(16-14-22)19(4,5)8-10-21-18(2,3)7-9-20-11-17-24/h20-21,24H,6-17H2,1-5H3. The van der Waals surface area contributed by atoms with Gasteiger partial charge in [-0.3, -0.25) is 4.90 Å². The molecule has 0 bridgehead atoms. The van der Waals surface area contributed by atoms with Gasteiger partial charge in [-0.2, -0.15) is 0 Å². The van der Waals surface area contributed by atoms with Crippen LogP contribution >= 0.6 is 0 Å². The first kappa shape index (κ1) is 21.8. The van der Waals surface area contributed by atoms with E-state index in [-0.39, 0.29) is 17.7 Å². The fourth-order valence-corrected chi connectivity index (χ4v) is 3.45. The average Bonchev–Trinajstić information content (AvgIpc) is 2.52. The highest BCUT2D eigenvalue weighted by Crippen LogP contribution is 2.21. The molecule has 0 amide bonds. The molecule has 0 unspecified atom stereocenters. The summed E-state index contributed by atoms with van der Waals surface area (Å²) < 4.78 is 0. The summed E-state index contributed by atoms with van der Waals surface area (Å²) in [4.78, 5) is 5.25. The third kappa shape index (κ3) is 8.26. The minimum absolute atomic E-state index is 0.137. The lowest BCUT2D eigenvalue weighted by Gasteiger charge is -2.44. The second-order valence-electron chi connectivity index (χ2n) is 8.43. The van der Waals surface area contributed by atoms with Gasteiger partial charge in [0.2, 0.25) is 0 Å². The topological polar surface area (TPSA) is 50.8 Å². The Morgan fingerprint density at radius 3 is 2.17 bits per heavy atom. The molecule has 1 aliphatic rings. The lowest BCUT2D eigenvalue weighted by molar-refractivity contribution is 0.0464. The van der Waals surface area contributed by atoms with Gasteiger partial charge in [-0.25, -0.2) is 0 Å². The number of nitrogens with zero attached hydrogens (tertiary/aromatic N) is 2. The van der Waals surface area contributed by atoms with Crippen molar-refractivity contribution in [3.8, 4) is 0 Å². The molecule has 144 valence electrons. The highest BCUT2D eigenvalue weighted by Gasteiger charge is 2.29. The van der Waals surface area contributed by atoms with Crippen molar-refractivity contribution in [2.75, 3.05) is 59.0 Å². The normalized spacial score (nSPS) is 18.2. The zero-order valence-corrected chi connectivity index (χ0v) is 16.8. The molecule has 0 saturated carbocycles. The Hall–Kier alpha value is -0.200. The van der Waals surface area contributed by atoms with Gasteiger partial charge >= 0.3 is 0 Å². The summed E-state index contributed by atoms with van der Waals surface area (Å²) in [5, 5.41) is 15.8. The second kappa shape index (κ2) is 10.7. The monoisotopic (exact) mass is 342 g/mol. The van der Waals surface area contributed by atoms with Crippen LogP contribution < -0.4 is 10.6 Å². The van der Waals surface area contributed by atoms with Gasteiger partial charge in [-0.05, 0) is 66.6 Å². The lowest BCUT2D eigenvalue weighted by atomic mass is 9.95. The van der Waals surface area contributed by atoms with Crippen LogP contribution in [0.25, 0.3) is 0 Å². The number of hydrogen-bond donors (Lipinski definition) is 3. The number of aliphatic hydroxyl groups excluding tert-OH is 1. The second-order valence-corrected chi connectivity index (χ2v) is 8.43. The Kier molecular flexibility index (Phi) is 9.75. The third-order valence-corrected chi connectivity index (χ3v) is 5.32. The van der Waals surface area contributed by atoms with Crippen molar-refractivity contribution >= 4 is 0 Å². The predicted octanol–water partition coefficient (Wildman–Crippen LogP) is 1.52. The van der Waals surface area contributed by atoms with Crippen molar-refractivity contribution in [3.05, 3.63) is 0 Å². The molecule has 0 aromatic rings. The zero-order chi connectivity index (χ0) is 18.1. The molecule has 3 N–H and O–H groups in total. The lowest BCUT2D eigenvalue weighted by Crippen LogP contribution is -2.55. The van der Waals surface area contributed by atoms with Crippen LogP contribution in [0.15, 0.2) is 0 Å². The van der Waals surface area contributed by atoms with Crippen LogP contribution in [-0.2, 0) is 0 Å². The summed E-state index contributed by atoms with van der Waals surface area (Å²) in [6, 6.07) is 0. The van der Waals surface area contributed by atoms with E-state index in [4.69, 9.17) is 5.11 Å². The molecule has 5 nitrogen and oxygen atoms in total. The van der Waals surface area contributed by atoms with E-state index in [2.05, 4.69) is 55.1 Å².